The Morgan fingerprint density at radius 1 is 1.09 bits per heavy atom. The van der Waals surface area contributed by atoms with Crippen molar-refractivity contribution in [3.05, 3.63) is 88.2 Å². The second-order valence-corrected chi connectivity index (χ2v) is 7.89. The van der Waals surface area contributed by atoms with Gasteiger partial charge in [-0.3, -0.25) is 9.78 Å². The van der Waals surface area contributed by atoms with Gasteiger partial charge in [-0.1, -0.05) is 35.3 Å². The lowest BCUT2D eigenvalue weighted by molar-refractivity contribution is 0.100. The summed E-state index contributed by atoms with van der Waals surface area (Å²) in [6.07, 6.45) is 4.49. The summed E-state index contributed by atoms with van der Waals surface area (Å²) < 4.78 is 12.8. The highest BCUT2D eigenvalue weighted by Crippen LogP contribution is 2.35. The molecule has 0 N–H and O–H groups in total. The van der Waals surface area contributed by atoms with Crippen LogP contribution in [0, 0.1) is 0 Å². The van der Waals surface area contributed by atoms with Crippen LogP contribution in [-0.2, 0) is 6.54 Å². The third-order valence-electron chi connectivity index (χ3n) is 5.09. The maximum absolute atomic E-state index is 13.4. The summed E-state index contributed by atoms with van der Waals surface area (Å²) in [5.41, 5.74) is 2.33. The Bertz CT molecular complexity index is 1460. The molecule has 0 unspecified atom stereocenters. The van der Waals surface area contributed by atoms with E-state index in [1.54, 1.807) is 25.3 Å². The van der Waals surface area contributed by atoms with Gasteiger partial charge in [-0.25, -0.2) is 4.98 Å². The Morgan fingerprint density at radius 3 is 2.64 bits per heavy atom. The molecule has 0 aliphatic carbocycles. The number of ketones is 1. The molecular weight excluding hydrogens is 465 g/mol. The summed E-state index contributed by atoms with van der Waals surface area (Å²) in [4.78, 5) is 21.5. The number of ether oxygens (including phenoxy) is 1. The molecule has 3 heterocycles. The van der Waals surface area contributed by atoms with Gasteiger partial charge in [0.15, 0.2) is 0 Å². The monoisotopic (exact) mass is 479 g/mol. The van der Waals surface area contributed by atoms with Crippen LogP contribution < -0.4 is 4.74 Å². The molecule has 0 saturated heterocycles. The maximum atomic E-state index is 13.4. The highest BCUT2D eigenvalue weighted by Gasteiger charge is 2.27. The smallest absolute Gasteiger partial charge is 0.289 e. The summed E-state index contributed by atoms with van der Waals surface area (Å²) in [5.74, 6) is -0.0330. The van der Waals surface area contributed by atoms with Crippen molar-refractivity contribution in [2.75, 3.05) is 7.11 Å². The Balaban J connectivity index is 1.61. The van der Waals surface area contributed by atoms with E-state index in [0.717, 1.165) is 11.1 Å². The maximum Gasteiger partial charge on any atom is 0.289 e. The fourth-order valence-electron chi connectivity index (χ4n) is 3.51. The van der Waals surface area contributed by atoms with Gasteiger partial charge in [0, 0.05) is 29.3 Å². The zero-order chi connectivity index (χ0) is 22.9. The number of aromatic nitrogens is 5. The van der Waals surface area contributed by atoms with Crippen molar-refractivity contribution in [1.82, 2.24) is 24.7 Å². The molecule has 2 aromatic carbocycles. The van der Waals surface area contributed by atoms with E-state index in [1.165, 1.54) is 18.6 Å². The number of rotatable bonds is 6. The minimum atomic E-state index is -0.504. The topological polar surface area (TPSA) is 95.9 Å². The normalized spacial score (nSPS) is 11.1. The van der Waals surface area contributed by atoms with Gasteiger partial charge in [0.1, 0.15) is 16.6 Å². The van der Waals surface area contributed by atoms with E-state index in [9.17, 15) is 4.79 Å². The predicted molar refractivity (Wildman–Crippen MR) is 123 cm³/mol. The lowest BCUT2D eigenvalue weighted by Crippen LogP contribution is -2.04. The molecule has 0 bridgehead atoms. The molecule has 0 amide bonds. The van der Waals surface area contributed by atoms with Gasteiger partial charge in [-0.05, 0) is 35.9 Å². The number of hydrogen-bond donors (Lipinski definition) is 0. The van der Waals surface area contributed by atoms with Crippen LogP contribution in [0.5, 0.6) is 5.75 Å². The second kappa shape index (κ2) is 8.65. The van der Waals surface area contributed by atoms with Crippen molar-refractivity contribution in [2.45, 2.75) is 6.54 Å². The summed E-state index contributed by atoms with van der Waals surface area (Å²) in [5, 5.41) is 9.34. The first-order valence-corrected chi connectivity index (χ1v) is 10.6. The van der Waals surface area contributed by atoms with E-state index in [-0.39, 0.29) is 22.5 Å². The van der Waals surface area contributed by atoms with Gasteiger partial charge in [0.05, 0.1) is 24.4 Å². The molecule has 0 radical (unpaired) electrons. The number of carbonyl (C=O) groups is 1. The lowest BCUT2D eigenvalue weighted by atomic mass is 10.1. The van der Waals surface area contributed by atoms with Gasteiger partial charge in [-0.2, -0.15) is 0 Å². The molecule has 5 aromatic rings. The molecule has 5 rings (SSSR count). The fourth-order valence-corrected chi connectivity index (χ4v) is 3.97. The largest absolute Gasteiger partial charge is 0.497 e. The number of hydrogen-bond acceptors (Lipinski definition) is 7. The zero-order valence-electron chi connectivity index (χ0n) is 17.2. The van der Waals surface area contributed by atoms with Crippen LogP contribution in [0.15, 0.2) is 65.5 Å². The number of fused-ring (bicyclic) bond motifs is 1. The van der Waals surface area contributed by atoms with E-state index in [2.05, 4.69) is 20.2 Å². The van der Waals surface area contributed by atoms with Gasteiger partial charge < -0.3 is 13.7 Å². The van der Waals surface area contributed by atoms with Gasteiger partial charge >= 0.3 is 0 Å². The highest BCUT2D eigenvalue weighted by molar-refractivity contribution is 6.36. The quantitative estimate of drug-likeness (QED) is 0.313. The minimum Gasteiger partial charge on any atom is -0.497 e. The summed E-state index contributed by atoms with van der Waals surface area (Å²) in [7, 11) is 1.56. The number of halogens is 2. The molecular formula is C23H15Cl2N5O3. The summed E-state index contributed by atoms with van der Waals surface area (Å²) in [6, 6.07) is 12.8. The van der Waals surface area contributed by atoms with Gasteiger partial charge in [-0.15, -0.1) is 10.2 Å². The minimum absolute atomic E-state index is 0.0880. The molecule has 0 spiro atoms. The average molecular weight is 480 g/mol. The first-order valence-electron chi connectivity index (χ1n) is 9.80. The van der Waals surface area contributed by atoms with Crippen molar-refractivity contribution in [3.63, 3.8) is 0 Å². The van der Waals surface area contributed by atoms with Crippen LogP contribution in [0.25, 0.3) is 22.5 Å². The van der Waals surface area contributed by atoms with Gasteiger partial charge in [0.25, 0.3) is 17.6 Å². The molecule has 164 valence electrons. The third-order valence-corrected chi connectivity index (χ3v) is 5.73. The van der Waals surface area contributed by atoms with E-state index < -0.39 is 5.78 Å². The first kappa shape index (κ1) is 21.1. The number of benzene rings is 2. The van der Waals surface area contributed by atoms with E-state index in [1.807, 2.05) is 28.8 Å². The Morgan fingerprint density at radius 2 is 1.91 bits per heavy atom. The van der Waals surface area contributed by atoms with Crippen LogP contribution in [0.2, 0.25) is 10.2 Å². The summed E-state index contributed by atoms with van der Waals surface area (Å²) >= 11 is 12.8. The number of methoxy groups -OCH3 is 1. The fraction of sp³-hybridized carbons (Fsp3) is 0.0870. The standard InChI is InChI=1S/C23H15Cl2N5O3/c1-32-15-6-7-18-16(10-15)19(21(25)30(18)12-13-2-4-14(24)5-3-13)20(31)23-29-28-22(33-23)17-11-26-8-9-27-17/h2-11H,12H2,1H3. The Kier molecular flexibility index (Phi) is 5.53. The van der Waals surface area contributed by atoms with Crippen LogP contribution in [0.1, 0.15) is 21.8 Å². The number of nitrogens with zero attached hydrogens (tertiary/aromatic N) is 5. The van der Waals surface area contributed by atoms with Crippen molar-refractivity contribution in [3.8, 4) is 17.3 Å². The molecule has 10 heteroatoms. The van der Waals surface area contributed by atoms with Crippen molar-refractivity contribution < 1.29 is 13.9 Å². The predicted octanol–water partition coefficient (Wildman–Crippen LogP) is 5.08. The zero-order valence-corrected chi connectivity index (χ0v) is 18.7. The average Bonchev–Trinajstić information content (AvgIpc) is 3.44. The number of carbonyl (C=O) groups excluding carboxylic acids is 1. The van der Waals surface area contributed by atoms with Crippen molar-refractivity contribution in [2.24, 2.45) is 0 Å². The highest BCUT2D eigenvalue weighted by atomic mass is 35.5. The first-order chi connectivity index (χ1) is 16.0. The van der Waals surface area contributed by atoms with Gasteiger partial charge in [0.2, 0.25) is 0 Å². The summed E-state index contributed by atoms with van der Waals surface area (Å²) in [6.45, 7) is 0.431. The van der Waals surface area contributed by atoms with Crippen molar-refractivity contribution >= 4 is 39.9 Å². The molecule has 3 aromatic heterocycles. The lowest BCUT2D eigenvalue weighted by Gasteiger charge is -2.08. The van der Waals surface area contributed by atoms with Crippen LogP contribution in [0.4, 0.5) is 0 Å². The van der Waals surface area contributed by atoms with Crippen LogP contribution >= 0.6 is 23.2 Å². The van der Waals surface area contributed by atoms with Crippen LogP contribution in [-0.4, -0.2) is 37.6 Å². The van der Waals surface area contributed by atoms with E-state index >= 15 is 0 Å². The Labute approximate surface area is 197 Å². The molecule has 0 aliphatic heterocycles. The van der Waals surface area contributed by atoms with E-state index in [0.29, 0.717) is 28.4 Å². The van der Waals surface area contributed by atoms with Crippen molar-refractivity contribution in [1.29, 1.82) is 0 Å². The van der Waals surface area contributed by atoms with E-state index in [4.69, 9.17) is 32.4 Å². The van der Waals surface area contributed by atoms with Crippen LogP contribution in [0.3, 0.4) is 0 Å². The molecule has 8 nitrogen and oxygen atoms in total. The molecule has 0 saturated carbocycles. The third kappa shape index (κ3) is 3.94. The second-order valence-electron chi connectivity index (χ2n) is 7.09. The Hall–Kier alpha value is -3.75. The molecule has 0 atom stereocenters. The molecule has 0 fully saturated rings. The SMILES string of the molecule is COc1ccc2c(c1)c(C(=O)c1nnc(-c3cnccn3)o1)c(Cl)n2Cc1ccc(Cl)cc1. The molecule has 33 heavy (non-hydrogen) atoms. The molecule has 0 aliphatic rings.